The zero-order valence-electron chi connectivity index (χ0n) is 15.1. The predicted molar refractivity (Wildman–Crippen MR) is 111 cm³/mol. The van der Waals surface area contributed by atoms with Crippen molar-refractivity contribution >= 4 is 39.4 Å². The summed E-state index contributed by atoms with van der Waals surface area (Å²) in [5.41, 5.74) is 6.41. The Balaban J connectivity index is 1.85. The first kappa shape index (κ1) is 21.0. The first-order chi connectivity index (χ1) is 12.5. The van der Waals surface area contributed by atoms with Crippen LogP contribution in [0.2, 0.25) is 5.02 Å². The van der Waals surface area contributed by atoms with Crippen LogP contribution in [-0.4, -0.2) is 55.5 Å². The number of primary amides is 1. The van der Waals surface area contributed by atoms with Gasteiger partial charge in [-0.3, -0.25) is 14.7 Å². The molecule has 1 aromatic rings. The molecule has 6 nitrogen and oxygen atoms in total. The first-order valence-electron chi connectivity index (χ1n) is 8.97. The SMILES string of the molecule is CCNC(=NCCc1cc(Cl)ccc1Br)NC1CCN(CC(N)=O)CC1. The van der Waals surface area contributed by atoms with Gasteiger partial charge in [-0.1, -0.05) is 27.5 Å². The number of hydrogen-bond acceptors (Lipinski definition) is 3. The summed E-state index contributed by atoms with van der Waals surface area (Å²) in [4.78, 5) is 17.8. The number of carbonyl (C=O) groups excluding carboxylic acids is 1. The molecule has 0 unspecified atom stereocenters. The van der Waals surface area contributed by atoms with Gasteiger partial charge in [0, 0.05) is 41.7 Å². The standard InChI is InChI=1S/C18H27BrClN5O/c1-2-22-18(23-8-5-13-11-14(20)3-4-16(13)19)24-15-6-9-25(10-7-15)12-17(21)26/h3-4,11,15H,2,5-10,12H2,1H3,(H2,21,26)(H2,22,23,24). The van der Waals surface area contributed by atoms with Gasteiger partial charge in [0.25, 0.3) is 0 Å². The second-order valence-electron chi connectivity index (χ2n) is 6.41. The lowest BCUT2D eigenvalue weighted by Crippen LogP contribution is -2.49. The van der Waals surface area contributed by atoms with Gasteiger partial charge in [0.1, 0.15) is 0 Å². The van der Waals surface area contributed by atoms with E-state index in [-0.39, 0.29) is 5.91 Å². The number of carbonyl (C=O) groups is 1. The minimum absolute atomic E-state index is 0.265. The van der Waals surface area contributed by atoms with Crippen LogP contribution >= 0.6 is 27.5 Å². The van der Waals surface area contributed by atoms with Gasteiger partial charge < -0.3 is 16.4 Å². The molecule has 0 bridgehead atoms. The van der Waals surface area contributed by atoms with Crippen molar-refractivity contribution < 1.29 is 4.79 Å². The summed E-state index contributed by atoms with van der Waals surface area (Å²) in [7, 11) is 0. The van der Waals surface area contributed by atoms with Crippen LogP contribution in [0.4, 0.5) is 0 Å². The Morgan fingerprint density at radius 2 is 2.15 bits per heavy atom. The summed E-state index contributed by atoms with van der Waals surface area (Å²) >= 11 is 9.62. The molecular formula is C18H27BrClN5O. The molecule has 0 saturated carbocycles. The normalized spacial score (nSPS) is 16.5. The van der Waals surface area contributed by atoms with Crippen molar-refractivity contribution in [3.63, 3.8) is 0 Å². The highest BCUT2D eigenvalue weighted by atomic mass is 79.9. The van der Waals surface area contributed by atoms with Crippen LogP contribution in [0.3, 0.4) is 0 Å². The van der Waals surface area contributed by atoms with Crippen molar-refractivity contribution in [2.75, 3.05) is 32.7 Å². The molecule has 1 aliphatic heterocycles. The van der Waals surface area contributed by atoms with E-state index in [2.05, 4.69) is 43.4 Å². The molecule has 1 heterocycles. The number of nitrogens with one attached hydrogen (secondary N) is 2. The molecule has 1 fully saturated rings. The first-order valence-corrected chi connectivity index (χ1v) is 10.1. The Morgan fingerprint density at radius 1 is 1.42 bits per heavy atom. The summed E-state index contributed by atoms with van der Waals surface area (Å²) in [6.07, 6.45) is 2.75. The second-order valence-corrected chi connectivity index (χ2v) is 7.70. The minimum atomic E-state index is -0.265. The van der Waals surface area contributed by atoms with E-state index in [0.29, 0.717) is 19.1 Å². The Bertz CT molecular complexity index is 632. The number of rotatable bonds is 7. The molecule has 0 aromatic heterocycles. The Kier molecular flexibility index (Phi) is 8.68. The quantitative estimate of drug-likeness (QED) is 0.444. The van der Waals surface area contributed by atoms with Crippen LogP contribution in [0, 0.1) is 0 Å². The van der Waals surface area contributed by atoms with Crippen molar-refractivity contribution in [2.45, 2.75) is 32.2 Å². The third kappa shape index (κ3) is 7.13. The van der Waals surface area contributed by atoms with E-state index in [9.17, 15) is 4.79 Å². The number of guanidine groups is 1. The van der Waals surface area contributed by atoms with Gasteiger partial charge in [0.15, 0.2) is 5.96 Å². The van der Waals surface area contributed by atoms with Crippen molar-refractivity contribution in [1.82, 2.24) is 15.5 Å². The van der Waals surface area contributed by atoms with Crippen LogP contribution in [0.25, 0.3) is 0 Å². The van der Waals surface area contributed by atoms with E-state index in [1.165, 1.54) is 0 Å². The van der Waals surface area contributed by atoms with Crippen molar-refractivity contribution in [3.05, 3.63) is 33.3 Å². The fourth-order valence-corrected chi connectivity index (χ4v) is 3.63. The van der Waals surface area contributed by atoms with Gasteiger partial charge in [-0.05, 0) is 49.9 Å². The van der Waals surface area contributed by atoms with Crippen molar-refractivity contribution in [3.8, 4) is 0 Å². The van der Waals surface area contributed by atoms with E-state index in [0.717, 1.165) is 59.9 Å². The largest absolute Gasteiger partial charge is 0.369 e. The molecule has 144 valence electrons. The molecule has 0 aliphatic carbocycles. The van der Waals surface area contributed by atoms with Crippen LogP contribution in [0.1, 0.15) is 25.3 Å². The summed E-state index contributed by atoms with van der Waals surface area (Å²) in [5.74, 6) is 0.567. The van der Waals surface area contributed by atoms with Gasteiger partial charge in [-0.25, -0.2) is 0 Å². The maximum Gasteiger partial charge on any atom is 0.231 e. The van der Waals surface area contributed by atoms with E-state index in [4.69, 9.17) is 17.3 Å². The second kappa shape index (κ2) is 10.7. The van der Waals surface area contributed by atoms with Crippen LogP contribution in [-0.2, 0) is 11.2 Å². The molecule has 8 heteroatoms. The van der Waals surface area contributed by atoms with Crippen molar-refractivity contribution in [2.24, 2.45) is 10.7 Å². The minimum Gasteiger partial charge on any atom is -0.369 e. The van der Waals surface area contributed by atoms with Gasteiger partial charge in [0.2, 0.25) is 5.91 Å². The molecule has 2 rings (SSSR count). The molecular weight excluding hydrogens is 418 g/mol. The van der Waals surface area contributed by atoms with Gasteiger partial charge in [0.05, 0.1) is 6.54 Å². The van der Waals surface area contributed by atoms with Gasteiger partial charge in [-0.2, -0.15) is 0 Å². The summed E-state index contributed by atoms with van der Waals surface area (Å²) < 4.78 is 1.05. The number of piperidine rings is 1. The van der Waals surface area contributed by atoms with Crippen LogP contribution in [0.5, 0.6) is 0 Å². The molecule has 1 amide bonds. The summed E-state index contributed by atoms with van der Waals surface area (Å²) in [6.45, 7) is 5.63. The van der Waals surface area contributed by atoms with E-state index < -0.39 is 0 Å². The highest BCUT2D eigenvalue weighted by molar-refractivity contribution is 9.10. The number of nitrogens with zero attached hydrogens (tertiary/aromatic N) is 2. The molecule has 0 radical (unpaired) electrons. The van der Waals surface area contributed by atoms with Crippen LogP contribution < -0.4 is 16.4 Å². The highest BCUT2D eigenvalue weighted by Crippen LogP contribution is 2.21. The topological polar surface area (TPSA) is 82.8 Å². The molecule has 4 N–H and O–H groups in total. The Hall–Kier alpha value is -1.31. The zero-order chi connectivity index (χ0) is 18.9. The predicted octanol–water partition coefficient (Wildman–Crippen LogP) is 2.15. The van der Waals surface area contributed by atoms with Crippen molar-refractivity contribution in [1.29, 1.82) is 0 Å². The third-order valence-corrected chi connectivity index (χ3v) is 5.32. The maximum atomic E-state index is 11.0. The van der Waals surface area contributed by atoms with Gasteiger partial charge in [-0.15, -0.1) is 0 Å². The van der Waals surface area contributed by atoms with Crippen LogP contribution in [0.15, 0.2) is 27.7 Å². The Morgan fingerprint density at radius 3 is 2.81 bits per heavy atom. The molecule has 1 aliphatic rings. The molecule has 1 aromatic carbocycles. The lowest BCUT2D eigenvalue weighted by atomic mass is 10.1. The Labute approximate surface area is 168 Å². The van der Waals surface area contributed by atoms with E-state index in [1.807, 2.05) is 18.2 Å². The smallest absolute Gasteiger partial charge is 0.231 e. The molecule has 1 saturated heterocycles. The lowest BCUT2D eigenvalue weighted by molar-refractivity contribution is -0.119. The molecule has 26 heavy (non-hydrogen) atoms. The number of benzene rings is 1. The zero-order valence-corrected chi connectivity index (χ0v) is 17.4. The number of nitrogens with two attached hydrogens (primary N) is 1. The fourth-order valence-electron chi connectivity index (χ4n) is 2.99. The average molecular weight is 445 g/mol. The number of hydrogen-bond donors (Lipinski definition) is 3. The monoisotopic (exact) mass is 443 g/mol. The highest BCUT2D eigenvalue weighted by Gasteiger charge is 2.20. The number of likely N-dealkylation sites (tertiary alicyclic amines) is 1. The van der Waals surface area contributed by atoms with Gasteiger partial charge >= 0.3 is 0 Å². The van der Waals surface area contributed by atoms with E-state index >= 15 is 0 Å². The number of halogens is 2. The number of amides is 1. The molecule has 0 atom stereocenters. The molecule has 0 spiro atoms. The summed E-state index contributed by atoms with van der Waals surface area (Å²) in [6, 6.07) is 6.16. The fraction of sp³-hybridized carbons (Fsp3) is 0.556. The third-order valence-electron chi connectivity index (χ3n) is 4.31. The van der Waals surface area contributed by atoms with E-state index in [1.54, 1.807) is 0 Å². The number of aliphatic imine (C=N–C) groups is 1. The average Bonchev–Trinajstić information content (AvgIpc) is 2.59. The maximum absolute atomic E-state index is 11.0. The lowest BCUT2D eigenvalue weighted by Gasteiger charge is -2.32. The summed E-state index contributed by atoms with van der Waals surface area (Å²) in [5, 5.41) is 7.54.